The van der Waals surface area contributed by atoms with Crippen LogP contribution >= 0.6 is 11.6 Å². The molecule has 1 heterocycles. The summed E-state index contributed by atoms with van der Waals surface area (Å²) < 4.78 is 5.78. The molecule has 1 nitrogen and oxygen atoms in total. The van der Waals surface area contributed by atoms with E-state index < -0.39 is 0 Å². The molecule has 0 saturated heterocycles. The van der Waals surface area contributed by atoms with Crippen molar-refractivity contribution < 1.29 is 4.74 Å². The Bertz CT molecular complexity index is 394. The second-order valence-corrected chi connectivity index (χ2v) is 5.35. The lowest BCUT2D eigenvalue weighted by molar-refractivity contribution is 0.344. The summed E-state index contributed by atoms with van der Waals surface area (Å²) in [5.41, 5.74) is 2.69. The number of hydrogen-bond acceptors (Lipinski definition) is 1. The maximum atomic E-state index is 6.19. The molecule has 0 unspecified atom stereocenters. The van der Waals surface area contributed by atoms with E-state index in [1.165, 1.54) is 43.2 Å². The molecule has 0 spiro atoms. The summed E-state index contributed by atoms with van der Waals surface area (Å²) in [6, 6.07) is 4.19. The van der Waals surface area contributed by atoms with E-state index in [1.807, 2.05) is 0 Å². The molecule has 1 aromatic carbocycles. The van der Waals surface area contributed by atoms with Gasteiger partial charge in [-0.2, -0.15) is 0 Å². The molecule has 0 aromatic heterocycles. The SMILES string of the molecule is Clc1cc2c(c(C3CCCCC3)c1)OCC2. The first kappa shape index (κ1) is 10.5. The topological polar surface area (TPSA) is 9.23 Å². The van der Waals surface area contributed by atoms with E-state index in [0.29, 0.717) is 5.92 Å². The van der Waals surface area contributed by atoms with Crippen molar-refractivity contribution in [1.82, 2.24) is 0 Å². The fourth-order valence-corrected chi connectivity index (χ4v) is 3.26. The molecule has 0 N–H and O–H groups in total. The fourth-order valence-electron chi connectivity index (χ4n) is 3.01. The predicted molar refractivity (Wildman–Crippen MR) is 66.5 cm³/mol. The van der Waals surface area contributed by atoms with Crippen molar-refractivity contribution in [3.63, 3.8) is 0 Å². The molecule has 0 amide bonds. The van der Waals surface area contributed by atoms with E-state index in [1.54, 1.807) is 0 Å². The maximum absolute atomic E-state index is 6.19. The number of benzene rings is 1. The van der Waals surface area contributed by atoms with Crippen LogP contribution in [0.15, 0.2) is 12.1 Å². The number of ether oxygens (including phenoxy) is 1. The Hall–Kier alpha value is -0.690. The Balaban J connectivity index is 1.99. The third-order valence-corrected chi connectivity index (χ3v) is 4.04. The molecule has 16 heavy (non-hydrogen) atoms. The number of halogens is 1. The fraction of sp³-hybridized carbons (Fsp3) is 0.571. The summed E-state index contributed by atoms with van der Waals surface area (Å²) in [5.74, 6) is 1.83. The maximum Gasteiger partial charge on any atom is 0.126 e. The van der Waals surface area contributed by atoms with Gasteiger partial charge in [0.25, 0.3) is 0 Å². The second-order valence-electron chi connectivity index (χ2n) is 4.92. The van der Waals surface area contributed by atoms with Gasteiger partial charge in [0.05, 0.1) is 6.61 Å². The van der Waals surface area contributed by atoms with Gasteiger partial charge in [-0.3, -0.25) is 0 Å². The van der Waals surface area contributed by atoms with Crippen LogP contribution in [0.1, 0.15) is 49.1 Å². The van der Waals surface area contributed by atoms with Crippen molar-refractivity contribution in [1.29, 1.82) is 0 Å². The molecular formula is C14H17ClO. The normalized spacial score (nSPS) is 20.6. The quantitative estimate of drug-likeness (QED) is 0.706. The van der Waals surface area contributed by atoms with Gasteiger partial charge in [-0.25, -0.2) is 0 Å². The molecule has 2 aliphatic rings. The predicted octanol–water partition coefficient (Wildman–Crippen LogP) is 4.32. The summed E-state index contributed by atoms with van der Waals surface area (Å²) >= 11 is 6.19. The lowest BCUT2D eigenvalue weighted by atomic mass is 9.83. The second kappa shape index (κ2) is 4.29. The molecule has 1 aromatic rings. The first-order valence-electron chi connectivity index (χ1n) is 6.30. The molecule has 1 saturated carbocycles. The smallest absolute Gasteiger partial charge is 0.126 e. The van der Waals surface area contributed by atoms with Crippen molar-refractivity contribution >= 4 is 11.6 Å². The van der Waals surface area contributed by atoms with E-state index in [9.17, 15) is 0 Å². The van der Waals surface area contributed by atoms with E-state index in [2.05, 4.69) is 12.1 Å². The molecule has 86 valence electrons. The van der Waals surface area contributed by atoms with E-state index in [4.69, 9.17) is 16.3 Å². The van der Waals surface area contributed by atoms with Crippen molar-refractivity contribution in [3.05, 3.63) is 28.3 Å². The van der Waals surface area contributed by atoms with Gasteiger partial charge in [0.1, 0.15) is 5.75 Å². The first-order chi connectivity index (χ1) is 7.84. The third kappa shape index (κ3) is 1.82. The summed E-state index contributed by atoms with van der Waals surface area (Å²) in [6.45, 7) is 0.829. The zero-order valence-electron chi connectivity index (χ0n) is 9.47. The standard InChI is InChI=1S/C14H17ClO/c15-12-8-11-6-7-16-14(11)13(9-12)10-4-2-1-3-5-10/h8-10H,1-7H2. The van der Waals surface area contributed by atoms with Crippen LogP contribution in [0, 0.1) is 0 Å². The van der Waals surface area contributed by atoms with Crippen LogP contribution in [0.2, 0.25) is 5.02 Å². The Morgan fingerprint density at radius 3 is 2.75 bits per heavy atom. The van der Waals surface area contributed by atoms with Crippen molar-refractivity contribution in [2.75, 3.05) is 6.61 Å². The minimum Gasteiger partial charge on any atom is -0.493 e. The molecule has 0 radical (unpaired) electrons. The van der Waals surface area contributed by atoms with Gasteiger partial charge >= 0.3 is 0 Å². The Kier molecular flexibility index (Phi) is 2.81. The van der Waals surface area contributed by atoms with Gasteiger partial charge in [0.15, 0.2) is 0 Å². The molecule has 3 rings (SSSR count). The summed E-state index contributed by atoms with van der Waals surface area (Å²) in [7, 11) is 0. The van der Waals surface area contributed by atoms with Gasteiger partial charge in [0, 0.05) is 11.4 Å². The minimum absolute atomic E-state index is 0.680. The summed E-state index contributed by atoms with van der Waals surface area (Å²) in [6.07, 6.45) is 7.72. The van der Waals surface area contributed by atoms with Crippen LogP contribution in [-0.4, -0.2) is 6.61 Å². The average Bonchev–Trinajstić information content (AvgIpc) is 2.77. The molecule has 1 fully saturated rings. The lowest BCUT2D eigenvalue weighted by Crippen LogP contribution is -2.06. The van der Waals surface area contributed by atoms with Gasteiger partial charge in [-0.1, -0.05) is 30.9 Å². The zero-order valence-corrected chi connectivity index (χ0v) is 10.2. The van der Waals surface area contributed by atoms with E-state index in [0.717, 1.165) is 23.8 Å². The monoisotopic (exact) mass is 236 g/mol. The van der Waals surface area contributed by atoms with Crippen LogP contribution in [0.25, 0.3) is 0 Å². The highest BCUT2D eigenvalue weighted by Crippen LogP contribution is 2.42. The number of hydrogen-bond donors (Lipinski definition) is 0. The van der Waals surface area contributed by atoms with Crippen molar-refractivity contribution in [3.8, 4) is 5.75 Å². The third-order valence-electron chi connectivity index (χ3n) is 3.82. The molecule has 2 heteroatoms. The molecule has 1 aliphatic heterocycles. The number of fused-ring (bicyclic) bond motifs is 1. The van der Waals surface area contributed by atoms with Crippen molar-refractivity contribution in [2.24, 2.45) is 0 Å². The van der Waals surface area contributed by atoms with E-state index >= 15 is 0 Å². The summed E-state index contributed by atoms with van der Waals surface area (Å²) in [4.78, 5) is 0. The van der Waals surface area contributed by atoms with Crippen molar-refractivity contribution in [2.45, 2.75) is 44.4 Å². The average molecular weight is 237 g/mol. The number of rotatable bonds is 1. The van der Waals surface area contributed by atoms with Crippen LogP contribution in [0.5, 0.6) is 5.75 Å². The van der Waals surface area contributed by atoms with Crippen LogP contribution < -0.4 is 4.74 Å². The summed E-state index contributed by atoms with van der Waals surface area (Å²) in [5, 5.41) is 0.879. The Morgan fingerprint density at radius 2 is 1.94 bits per heavy atom. The van der Waals surface area contributed by atoms with Gasteiger partial charge in [-0.15, -0.1) is 0 Å². The Morgan fingerprint density at radius 1 is 1.12 bits per heavy atom. The Labute approximate surface area is 102 Å². The van der Waals surface area contributed by atoms with Gasteiger partial charge in [-0.05, 0) is 42.0 Å². The highest BCUT2D eigenvalue weighted by atomic mass is 35.5. The first-order valence-corrected chi connectivity index (χ1v) is 6.67. The molecular weight excluding hydrogens is 220 g/mol. The molecule has 0 atom stereocenters. The highest BCUT2D eigenvalue weighted by molar-refractivity contribution is 6.30. The zero-order chi connectivity index (χ0) is 11.0. The largest absolute Gasteiger partial charge is 0.493 e. The van der Waals surface area contributed by atoms with Crippen LogP contribution in [0.3, 0.4) is 0 Å². The highest BCUT2D eigenvalue weighted by Gasteiger charge is 2.24. The minimum atomic E-state index is 0.680. The van der Waals surface area contributed by atoms with Gasteiger partial charge < -0.3 is 4.74 Å². The van der Waals surface area contributed by atoms with E-state index in [-0.39, 0.29) is 0 Å². The molecule has 1 aliphatic carbocycles. The van der Waals surface area contributed by atoms with Crippen LogP contribution in [0.4, 0.5) is 0 Å². The molecule has 0 bridgehead atoms. The van der Waals surface area contributed by atoms with Crippen LogP contribution in [-0.2, 0) is 6.42 Å². The van der Waals surface area contributed by atoms with Gasteiger partial charge in [0.2, 0.25) is 0 Å². The lowest BCUT2D eigenvalue weighted by Gasteiger charge is -2.23.